The van der Waals surface area contributed by atoms with Crippen molar-refractivity contribution in [1.82, 2.24) is 0 Å². The van der Waals surface area contributed by atoms with Crippen LogP contribution in [-0.4, -0.2) is 19.3 Å². The molecular weight excluding hydrogens is 156 g/mol. The van der Waals surface area contributed by atoms with Crippen LogP contribution in [0.5, 0.6) is 0 Å². The molecule has 0 unspecified atom stereocenters. The molecule has 1 rings (SSSR count). The number of carbonyl (C=O) groups is 2. The third-order valence-corrected chi connectivity index (χ3v) is 1.42. The summed E-state index contributed by atoms with van der Waals surface area (Å²) in [6, 6.07) is 5.74. The molecule has 0 saturated carbocycles. The lowest BCUT2D eigenvalue weighted by Gasteiger charge is -1.97. The van der Waals surface area contributed by atoms with E-state index in [-0.39, 0.29) is 5.56 Å². The fourth-order valence-corrected chi connectivity index (χ4v) is 0.792. The molecular formula is C9H8O3. The van der Waals surface area contributed by atoms with Gasteiger partial charge in [-0.25, -0.2) is 4.79 Å². The number of benzene rings is 1. The molecule has 62 valence electrons. The van der Waals surface area contributed by atoms with Crippen molar-refractivity contribution in [1.29, 1.82) is 0 Å². The molecule has 12 heavy (non-hydrogen) atoms. The topological polar surface area (TPSA) is 43.4 Å². The van der Waals surface area contributed by atoms with E-state index in [1.807, 2.05) is 0 Å². The minimum Gasteiger partial charge on any atom is -0.465 e. The lowest BCUT2D eigenvalue weighted by Crippen LogP contribution is -2.00. The molecule has 0 atom stereocenters. The highest BCUT2D eigenvalue weighted by Crippen LogP contribution is 2.03. The van der Waals surface area contributed by atoms with E-state index in [1.165, 1.54) is 31.4 Å². The molecule has 1 aromatic carbocycles. The van der Waals surface area contributed by atoms with E-state index >= 15 is 0 Å². The monoisotopic (exact) mass is 165 g/mol. The minimum atomic E-state index is -0.767. The normalized spacial score (nSPS) is 10.2. The molecule has 0 aliphatic carbocycles. The van der Waals surface area contributed by atoms with Crippen LogP contribution >= 0.6 is 0 Å². The maximum atomic E-state index is 10.9. The van der Waals surface area contributed by atoms with Gasteiger partial charge in [0, 0.05) is 5.56 Å². The maximum Gasteiger partial charge on any atom is 0.337 e. The zero-order valence-corrected chi connectivity index (χ0v) is 6.53. The Morgan fingerprint density at radius 2 is 2.08 bits per heavy atom. The van der Waals surface area contributed by atoms with E-state index in [1.54, 1.807) is 0 Å². The van der Waals surface area contributed by atoms with E-state index in [0.29, 0.717) is 5.56 Å². The Morgan fingerprint density at radius 1 is 1.50 bits per heavy atom. The third kappa shape index (κ3) is 1.69. The Bertz CT molecular complexity index is 329. The molecule has 0 aromatic heterocycles. The zero-order valence-electron chi connectivity index (χ0n) is 7.53. The number of methoxy groups -OCH3 is 1. The molecule has 0 saturated heterocycles. The third-order valence-electron chi connectivity index (χ3n) is 1.42. The summed E-state index contributed by atoms with van der Waals surface area (Å²) in [4.78, 5) is 21.5. The van der Waals surface area contributed by atoms with Crippen LogP contribution in [0.2, 0.25) is 0 Å². The molecule has 0 heterocycles. The molecule has 0 aliphatic rings. The molecule has 0 N–H and O–H groups in total. The van der Waals surface area contributed by atoms with Crippen LogP contribution in [0.15, 0.2) is 24.3 Å². The standard InChI is InChI=1S/C9H8O3/c1-12-9(11)8-4-2-7(6-10)3-5-8/h2-6H,1H3/i6D. The largest absolute Gasteiger partial charge is 0.465 e. The number of aldehydes is 1. The van der Waals surface area contributed by atoms with Crippen molar-refractivity contribution in [3.63, 3.8) is 0 Å². The first-order chi connectivity index (χ1) is 6.15. The number of carbonyl (C=O) groups excluding carboxylic acids is 2. The highest BCUT2D eigenvalue weighted by Gasteiger charge is 2.02. The first-order valence-electron chi connectivity index (χ1n) is 3.84. The second-order valence-corrected chi connectivity index (χ2v) is 2.17. The van der Waals surface area contributed by atoms with Crippen molar-refractivity contribution >= 4 is 12.2 Å². The van der Waals surface area contributed by atoms with E-state index in [4.69, 9.17) is 1.37 Å². The number of hydrogen-bond acceptors (Lipinski definition) is 3. The first-order valence-corrected chi connectivity index (χ1v) is 3.34. The fourth-order valence-electron chi connectivity index (χ4n) is 0.792. The minimum absolute atomic E-state index is 0.257. The van der Waals surface area contributed by atoms with Crippen LogP contribution in [0, 0.1) is 0 Å². The summed E-state index contributed by atoms with van der Waals surface area (Å²) < 4.78 is 11.3. The average molecular weight is 165 g/mol. The van der Waals surface area contributed by atoms with Crippen LogP contribution in [0.25, 0.3) is 0 Å². The van der Waals surface area contributed by atoms with Gasteiger partial charge in [-0.2, -0.15) is 0 Å². The maximum absolute atomic E-state index is 10.9. The SMILES string of the molecule is [2H]C(=O)c1ccc(C(=O)OC)cc1. The highest BCUT2D eigenvalue weighted by molar-refractivity contribution is 5.90. The summed E-state index contributed by atoms with van der Waals surface area (Å²) in [7, 11) is 1.28. The first kappa shape index (κ1) is 7.03. The van der Waals surface area contributed by atoms with E-state index in [2.05, 4.69) is 4.74 Å². The summed E-state index contributed by atoms with van der Waals surface area (Å²) in [6.07, 6.45) is -0.767. The van der Waals surface area contributed by atoms with Gasteiger partial charge in [-0.05, 0) is 12.1 Å². The Labute approximate surface area is 71.4 Å². The average Bonchev–Trinajstić information content (AvgIpc) is 2.17. The van der Waals surface area contributed by atoms with Crippen LogP contribution in [0.1, 0.15) is 22.1 Å². The van der Waals surface area contributed by atoms with Crippen LogP contribution < -0.4 is 0 Å². The molecule has 0 bridgehead atoms. The van der Waals surface area contributed by atoms with Crippen molar-refractivity contribution < 1.29 is 15.7 Å². The van der Waals surface area contributed by atoms with E-state index < -0.39 is 12.2 Å². The predicted molar refractivity (Wildman–Crippen MR) is 43.2 cm³/mol. The Hall–Kier alpha value is -1.64. The van der Waals surface area contributed by atoms with Gasteiger partial charge in [-0.1, -0.05) is 12.1 Å². The molecule has 0 radical (unpaired) electrons. The van der Waals surface area contributed by atoms with Crippen LogP contribution in [-0.2, 0) is 4.74 Å². The van der Waals surface area contributed by atoms with Gasteiger partial charge in [0.25, 0.3) is 0 Å². The Kier molecular flexibility index (Phi) is 2.15. The van der Waals surface area contributed by atoms with Crippen molar-refractivity contribution in [3.8, 4) is 0 Å². The van der Waals surface area contributed by atoms with Gasteiger partial charge in [0.2, 0.25) is 0 Å². The lowest BCUT2D eigenvalue weighted by molar-refractivity contribution is 0.0600. The Morgan fingerprint density at radius 3 is 2.50 bits per heavy atom. The number of hydrogen-bond donors (Lipinski definition) is 0. The smallest absolute Gasteiger partial charge is 0.337 e. The molecule has 0 fully saturated rings. The summed E-state index contributed by atoms with van der Waals surface area (Å²) in [6.45, 7) is 0. The fraction of sp³-hybridized carbons (Fsp3) is 0.111. The van der Waals surface area contributed by atoms with Gasteiger partial charge in [0.15, 0.2) is 0 Å². The van der Waals surface area contributed by atoms with Crippen LogP contribution in [0.4, 0.5) is 0 Å². The summed E-state index contributed by atoms with van der Waals surface area (Å²) in [5, 5.41) is 0. The quantitative estimate of drug-likeness (QED) is 0.489. The number of ether oxygens (including phenoxy) is 1. The van der Waals surface area contributed by atoms with Crippen molar-refractivity contribution in [3.05, 3.63) is 35.4 Å². The molecule has 1 aromatic rings. The summed E-state index contributed by atoms with van der Waals surface area (Å²) in [5.74, 6) is -0.455. The van der Waals surface area contributed by atoms with Gasteiger partial charge < -0.3 is 4.74 Å². The van der Waals surface area contributed by atoms with Gasteiger partial charge in [0.05, 0.1) is 12.7 Å². The van der Waals surface area contributed by atoms with Crippen molar-refractivity contribution in [2.45, 2.75) is 0 Å². The second-order valence-electron chi connectivity index (χ2n) is 2.17. The predicted octanol–water partition coefficient (Wildman–Crippen LogP) is 1.29. The molecule has 3 heteroatoms. The van der Waals surface area contributed by atoms with Crippen molar-refractivity contribution in [2.24, 2.45) is 0 Å². The van der Waals surface area contributed by atoms with Gasteiger partial charge >= 0.3 is 5.97 Å². The van der Waals surface area contributed by atoms with Gasteiger partial charge in [-0.3, -0.25) is 4.79 Å². The highest BCUT2D eigenvalue weighted by atomic mass is 16.5. The zero-order chi connectivity index (χ0) is 9.84. The van der Waals surface area contributed by atoms with Gasteiger partial charge in [-0.15, -0.1) is 0 Å². The molecule has 0 amide bonds. The summed E-state index contributed by atoms with van der Waals surface area (Å²) in [5.41, 5.74) is 0.625. The van der Waals surface area contributed by atoms with E-state index in [0.717, 1.165) is 0 Å². The van der Waals surface area contributed by atoms with Crippen LogP contribution in [0.3, 0.4) is 0 Å². The molecule has 0 aliphatic heterocycles. The number of rotatable bonds is 2. The lowest BCUT2D eigenvalue weighted by atomic mass is 10.1. The summed E-state index contributed by atoms with van der Waals surface area (Å²) >= 11 is 0. The number of esters is 1. The Balaban J connectivity index is 2.93. The van der Waals surface area contributed by atoms with Gasteiger partial charge in [0.1, 0.15) is 7.63 Å². The molecule has 3 nitrogen and oxygen atoms in total. The second kappa shape index (κ2) is 3.67. The molecule has 0 spiro atoms. The van der Waals surface area contributed by atoms with E-state index in [9.17, 15) is 9.59 Å². The van der Waals surface area contributed by atoms with Crippen molar-refractivity contribution in [2.75, 3.05) is 7.11 Å².